The predicted octanol–water partition coefficient (Wildman–Crippen LogP) is 1.43. The molecule has 0 fully saturated rings. The number of hydrogen-bond donors (Lipinski definition) is 0. The van der Waals surface area contributed by atoms with Crippen molar-refractivity contribution in [2.75, 3.05) is 6.61 Å². The summed E-state index contributed by atoms with van der Waals surface area (Å²) >= 11 is 0. The summed E-state index contributed by atoms with van der Waals surface area (Å²) in [4.78, 5) is 0. The second kappa shape index (κ2) is 2.00. The van der Waals surface area contributed by atoms with Gasteiger partial charge in [-0.05, 0) is 6.07 Å². The molecule has 0 bridgehead atoms. The van der Waals surface area contributed by atoms with Crippen LogP contribution in [0.15, 0.2) is 24.4 Å². The Morgan fingerprint density at radius 3 is 3.42 bits per heavy atom. The molecule has 0 spiro atoms. The second-order valence-corrected chi connectivity index (χ2v) is 2.91. The quantitative estimate of drug-likeness (QED) is 0.583. The Bertz CT molecular complexity index is 433. The van der Waals surface area contributed by atoms with E-state index >= 15 is 0 Å². The van der Waals surface area contributed by atoms with E-state index in [-0.39, 0.29) is 0 Å². The van der Waals surface area contributed by atoms with Gasteiger partial charge in [-0.2, -0.15) is 5.10 Å². The summed E-state index contributed by atoms with van der Waals surface area (Å²) in [6, 6.07) is 6.03. The molecule has 0 saturated heterocycles. The van der Waals surface area contributed by atoms with E-state index < -0.39 is 0 Å². The number of aromatic nitrogens is 2. The van der Waals surface area contributed by atoms with E-state index in [0.717, 1.165) is 29.8 Å². The normalized spacial score (nSPS) is 14.7. The third-order valence-corrected chi connectivity index (χ3v) is 2.19. The maximum absolute atomic E-state index is 5.49. The molecule has 3 nitrogen and oxygen atoms in total. The van der Waals surface area contributed by atoms with Gasteiger partial charge in [0.25, 0.3) is 0 Å². The molecule has 0 amide bonds. The summed E-state index contributed by atoms with van der Waals surface area (Å²) in [7, 11) is 0. The highest BCUT2D eigenvalue weighted by Gasteiger charge is 2.12. The largest absolute Gasteiger partial charge is 0.489 e. The van der Waals surface area contributed by atoms with Crippen LogP contribution in [0, 0.1) is 0 Å². The van der Waals surface area contributed by atoms with Crippen molar-refractivity contribution in [2.45, 2.75) is 6.54 Å². The molecule has 0 aliphatic carbocycles. The van der Waals surface area contributed by atoms with Gasteiger partial charge in [-0.3, -0.25) is 4.68 Å². The van der Waals surface area contributed by atoms with Gasteiger partial charge < -0.3 is 4.74 Å². The monoisotopic (exact) mass is 160 g/mol. The third kappa shape index (κ3) is 0.630. The van der Waals surface area contributed by atoms with E-state index in [2.05, 4.69) is 11.2 Å². The minimum atomic E-state index is 0.730. The fourth-order valence-electron chi connectivity index (χ4n) is 1.64. The van der Waals surface area contributed by atoms with Gasteiger partial charge in [0.1, 0.15) is 17.9 Å². The topological polar surface area (TPSA) is 27.1 Å². The van der Waals surface area contributed by atoms with Crippen LogP contribution in [0.3, 0.4) is 0 Å². The van der Waals surface area contributed by atoms with Gasteiger partial charge in [-0.25, -0.2) is 0 Å². The molecule has 2 heterocycles. The Morgan fingerprint density at radius 2 is 2.42 bits per heavy atom. The minimum Gasteiger partial charge on any atom is -0.489 e. The van der Waals surface area contributed by atoms with Gasteiger partial charge in [-0.15, -0.1) is 0 Å². The van der Waals surface area contributed by atoms with Crippen LogP contribution in [-0.2, 0) is 6.54 Å². The first-order chi connectivity index (χ1) is 5.95. The van der Waals surface area contributed by atoms with Gasteiger partial charge >= 0.3 is 0 Å². The first-order valence-electron chi connectivity index (χ1n) is 4.02. The first kappa shape index (κ1) is 6.06. The Kier molecular flexibility index (Phi) is 1.01. The molecule has 0 unspecified atom stereocenters. The number of rotatable bonds is 0. The molecule has 1 aromatic heterocycles. The van der Waals surface area contributed by atoms with Crippen molar-refractivity contribution in [1.82, 2.24) is 9.78 Å². The van der Waals surface area contributed by atoms with E-state index in [9.17, 15) is 0 Å². The fourth-order valence-corrected chi connectivity index (χ4v) is 1.64. The SMILES string of the molecule is c1cc2c3c(c1)cnn3CCO2. The summed E-state index contributed by atoms with van der Waals surface area (Å²) in [5.41, 5.74) is 1.13. The lowest BCUT2D eigenvalue weighted by molar-refractivity contribution is 0.278. The maximum Gasteiger partial charge on any atom is 0.145 e. The zero-order valence-corrected chi connectivity index (χ0v) is 6.53. The van der Waals surface area contributed by atoms with Gasteiger partial charge in [0.2, 0.25) is 0 Å². The highest BCUT2D eigenvalue weighted by molar-refractivity contribution is 5.84. The highest BCUT2D eigenvalue weighted by atomic mass is 16.5. The van der Waals surface area contributed by atoms with Crippen LogP contribution >= 0.6 is 0 Å². The van der Waals surface area contributed by atoms with Crippen molar-refractivity contribution in [1.29, 1.82) is 0 Å². The van der Waals surface area contributed by atoms with Crippen molar-refractivity contribution < 1.29 is 4.74 Å². The number of para-hydroxylation sites is 1. The average Bonchev–Trinajstić information content (AvgIpc) is 2.52. The van der Waals surface area contributed by atoms with Gasteiger partial charge in [0.05, 0.1) is 12.7 Å². The van der Waals surface area contributed by atoms with Crippen LogP contribution in [0.25, 0.3) is 10.9 Å². The lowest BCUT2D eigenvalue weighted by Crippen LogP contribution is -2.14. The van der Waals surface area contributed by atoms with E-state index in [1.165, 1.54) is 0 Å². The lowest BCUT2D eigenvalue weighted by atomic mass is 10.2. The molecule has 2 aromatic rings. The molecular weight excluding hydrogens is 152 g/mol. The first-order valence-corrected chi connectivity index (χ1v) is 4.02. The van der Waals surface area contributed by atoms with Crippen LogP contribution in [-0.4, -0.2) is 16.4 Å². The van der Waals surface area contributed by atoms with E-state index in [1.54, 1.807) is 0 Å². The molecular formula is C9H8N2O. The molecule has 0 N–H and O–H groups in total. The van der Waals surface area contributed by atoms with E-state index in [0.29, 0.717) is 0 Å². The third-order valence-electron chi connectivity index (χ3n) is 2.19. The molecule has 0 radical (unpaired) electrons. The molecule has 1 aromatic carbocycles. The second-order valence-electron chi connectivity index (χ2n) is 2.91. The molecule has 0 atom stereocenters. The highest BCUT2D eigenvalue weighted by Crippen LogP contribution is 2.27. The van der Waals surface area contributed by atoms with E-state index in [1.807, 2.05) is 23.0 Å². The molecule has 60 valence electrons. The summed E-state index contributed by atoms with van der Waals surface area (Å²) in [5.74, 6) is 0.955. The number of benzene rings is 1. The number of ether oxygens (including phenoxy) is 1. The molecule has 0 saturated carbocycles. The maximum atomic E-state index is 5.49. The minimum absolute atomic E-state index is 0.730. The van der Waals surface area contributed by atoms with Crippen LogP contribution in [0.2, 0.25) is 0 Å². The summed E-state index contributed by atoms with van der Waals surface area (Å²) in [6.45, 7) is 1.59. The van der Waals surface area contributed by atoms with Gasteiger partial charge in [0.15, 0.2) is 0 Å². The van der Waals surface area contributed by atoms with Crippen molar-refractivity contribution in [3.63, 3.8) is 0 Å². The number of hydrogen-bond acceptors (Lipinski definition) is 2. The summed E-state index contributed by atoms with van der Waals surface area (Å²) < 4.78 is 7.49. The van der Waals surface area contributed by atoms with Gasteiger partial charge in [-0.1, -0.05) is 12.1 Å². The Morgan fingerprint density at radius 1 is 1.42 bits per heavy atom. The zero-order valence-electron chi connectivity index (χ0n) is 6.53. The lowest BCUT2D eigenvalue weighted by Gasteiger charge is -2.14. The van der Waals surface area contributed by atoms with Crippen LogP contribution < -0.4 is 4.74 Å². The molecule has 12 heavy (non-hydrogen) atoms. The van der Waals surface area contributed by atoms with Crippen molar-refractivity contribution >= 4 is 10.9 Å². The van der Waals surface area contributed by atoms with Crippen LogP contribution in [0.1, 0.15) is 0 Å². The predicted molar refractivity (Wildman–Crippen MR) is 45.2 cm³/mol. The molecule has 3 heteroatoms. The summed E-state index contributed by atoms with van der Waals surface area (Å²) in [6.07, 6.45) is 1.88. The molecule has 1 aliphatic heterocycles. The molecule has 1 aliphatic rings. The van der Waals surface area contributed by atoms with Crippen molar-refractivity contribution in [2.24, 2.45) is 0 Å². The Balaban J connectivity index is 2.50. The average molecular weight is 160 g/mol. The van der Waals surface area contributed by atoms with Crippen molar-refractivity contribution in [3.8, 4) is 5.75 Å². The van der Waals surface area contributed by atoms with Crippen LogP contribution in [0.4, 0.5) is 0 Å². The van der Waals surface area contributed by atoms with Gasteiger partial charge in [0, 0.05) is 5.39 Å². The number of nitrogens with zero attached hydrogens (tertiary/aromatic N) is 2. The standard InChI is InChI=1S/C9H8N2O/c1-2-7-6-10-11-4-5-12-8(3-1)9(7)11/h1-3,6H,4-5H2. The molecule has 3 rings (SSSR count). The van der Waals surface area contributed by atoms with E-state index in [4.69, 9.17) is 4.74 Å². The fraction of sp³-hybridized carbons (Fsp3) is 0.222. The Hall–Kier alpha value is -1.51. The Labute approximate surface area is 69.6 Å². The van der Waals surface area contributed by atoms with Crippen LogP contribution in [0.5, 0.6) is 5.75 Å². The smallest absolute Gasteiger partial charge is 0.145 e. The zero-order chi connectivity index (χ0) is 7.97. The van der Waals surface area contributed by atoms with Crippen molar-refractivity contribution in [3.05, 3.63) is 24.4 Å². The summed E-state index contributed by atoms with van der Waals surface area (Å²) in [5, 5.41) is 5.42.